The summed E-state index contributed by atoms with van der Waals surface area (Å²) in [5.41, 5.74) is 5.71. The molecule has 5 N–H and O–H groups in total. The van der Waals surface area contributed by atoms with Crippen molar-refractivity contribution in [3.63, 3.8) is 0 Å². The molecule has 3 amide bonds. The number of nitrogens with two attached hydrogens (primary N) is 1. The summed E-state index contributed by atoms with van der Waals surface area (Å²) in [4.78, 5) is 21.2. The molecule has 1 aromatic carbocycles. The molecule has 6 nitrogen and oxygen atoms in total. The van der Waals surface area contributed by atoms with Crippen LogP contribution in [0.2, 0.25) is 5.02 Å². The molecule has 0 aliphatic heterocycles. The Hall–Kier alpha value is -1.95. The van der Waals surface area contributed by atoms with Gasteiger partial charge in [0.1, 0.15) is 0 Å². The third-order valence-corrected chi connectivity index (χ3v) is 2.55. The summed E-state index contributed by atoms with van der Waals surface area (Å²) < 4.78 is 0. The van der Waals surface area contributed by atoms with Gasteiger partial charge in [0.25, 0.3) is 0 Å². The number of carbonyl (C=O) groups excluding carboxylic acids is 1. The number of benzene rings is 1. The molecular formula is C11H14ClN3O3. The average molecular weight is 272 g/mol. The van der Waals surface area contributed by atoms with E-state index in [2.05, 4.69) is 10.6 Å². The summed E-state index contributed by atoms with van der Waals surface area (Å²) >= 11 is 5.76. The first-order valence-corrected chi connectivity index (χ1v) is 5.65. The van der Waals surface area contributed by atoms with Crippen molar-refractivity contribution in [1.29, 1.82) is 0 Å². The van der Waals surface area contributed by atoms with Crippen molar-refractivity contribution in [1.82, 2.24) is 10.6 Å². The number of hydrogen-bond acceptors (Lipinski definition) is 2. The zero-order valence-corrected chi connectivity index (χ0v) is 10.3. The molecule has 18 heavy (non-hydrogen) atoms. The fourth-order valence-electron chi connectivity index (χ4n) is 1.51. The normalized spacial score (nSPS) is 11.6. The van der Waals surface area contributed by atoms with Gasteiger partial charge in [-0.3, -0.25) is 0 Å². The molecule has 0 aliphatic rings. The summed E-state index contributed by atoms with van der Waals surface area (Å²) in [6.45, 7) is 0.281. The maximum absolute atomic E-state index is 10.7. The lowest BCUT2D eigenvalue weighted by atomic mass is 10.0. The number of primary amides is 1. The molecular weight excluding hydrogens is 258 g/mol. The highest BCUT2D eigenvalue weighted by Crippen LogP contribution is 2.19. The van der Waals surface area contributed by atoms with Gasteiger partial charge < -0.3 is 21.5 Å². The van der Waals surface area contributed by atoms with Gasteiger partial charge in [0.2, 0.25) is 0 Å². The number of nitrogens with one attached hydrogen (secondary N) is 2. The standard InChI is InChI=1S/C11H14ClN3O3/c12-8-3-1-7(2-4-8)9(15-11(17)18)5-6-14-10(13)16/h1-4,9,15H,5-6H2,(H,17,18)(H3,13,14,16). The molecule has 1 rings (SSSR count). The van der Waals surface area contributed by atoms with Gasteiger partial charge in [0, 0.05) is 11.6 Å². The molecule has 7 heteroatoms. The van der Waals surface area contributed by atoms with Crippen LogP contribution in [0.5, 0.6) is 0 Å². The van der Waals surface area contributed by atoms with Crippen LogP contribution in [0.15, 0.2) is 24.3 Å². The SMILES string of the molecule is NC(=O)NCCC(NC(=O)O)c1ccc(Cl)cc1. The highest BCUT2D eigenvalue weighted by atomic mass is 35.5. The van der Waals surface area contributed by atoms with Crippen LogP contribution in [-0.2, 0) is 0 Å². The third kappa shape index (κ3) is 4.92. The van der Waals surface area contributed by atoms with Crippen LogP contribution in [0.4, 0.5) is 9.59 Å². The Bertz CT molecular complexity index is 422. The molecule has 0 aliphatic carbocycles. The molecule has 0 saturated heterocycles. The van der Waals surface area contributed by atoms with Gasteiger partial charge in [-0.25, -0.2) is 9.59 Å². The number of urea groups is 1. The topological polar surface area (TPSA) is 104 Å². The minimum Gasteiger partial charge on any atom is -0.465 e. The fraction of sp³-hybridized carbons (Fsp3) is 0.273. The van der Waals surface area contributed by atoms with Crippen LogP contribution in [0, 0.1) is 0 Å². The molecule has 0 radical (unpaired) electrons. The quantitative estimate of drug-likeness (QED) is 0.655. The van der Waals surface area contributed by atoms with E-state index in [1.807, 2.05) is 0 Å². The Balaban J connectivity index is 2.68. The first-order valence-electron chi connectivity index (χ1n) is 5.27. The van der Waals surface area contributed by atoms with E-state index in [1.54, 1.807) is 24.3 Å². The fourth-order valence-corrected chi connectivity index (χ4v) is 1.63. The summed E-state index contributed by atoms with van der Waals surface area (Å²) in [7, 11) is 0. The van der Waals surface area contributed by atoms with Gasteiger partial charge in [0.05, 0.1) is 6.04 Å². The lowest BCUT2D eigenvalue weighted by molar-refractivity contribution is 0.189. The zero-order chi connectivity index (χ0) is 13.5. The molecule has 1 atom stereocenters. The molecule has 98 valence electrons. The first-order chi connectivity index (χ1) is 8.49. The second-order valence-corrected chi connectivity index (χ2v) is 4.07. The number of rotatable bonds is 5. The molecule has 0 saturated carbocycles. The molecule has 1 aromatic rings. The monoisotopic (exact) mass is 271 g/mol. The van der Waals surface area contributed by atoms with Gasteiger partial charge in [-0.15, -0.1) is 0 Å². The Labute approximate surface area is 109 Å². The smallest absolute Gasteiger partial charge is 0.405 e. The van der Waals surface area contributed by atoms with Crippen molar-refractivity contribution in [3.05, 3.63) is 34.9 Å². The van der Waals surface area contributed by atoms with E-state index < -0.39 is 18.2 Å². The van der Waals surface area contributed by atoms with E-state index >= 15 is 0 Å². The Morgan fingerprint density at radius 2 is 1.94 bits per heavy atom. The van der Waals surface area contributed by atoms with Crippen molar-refractivity contribution in [2.24, 2.45) is 5.73 Å². The highest BCUT2D eigenvalue weighted by Gasteiger charge is 2.13. The number of carbonyl (C=O) groups is 2. The van der Waals surface area contributed by atoms with Crippen molar-refractivity contribution < 1.29 is 14.7 Å². The molecule has 0 aromatic heterocycles. The second-order valence-electron chi connectivity index (χ2n) is 3.63. The summed E-state index contributed by atoms with van der Waals surface area (Å²) in [5, 5.41) is 14.1. The van der Waals surface area contributed by atoms with Gasteiger partial charge in [-0.1, -0.05) is 23.7 Å². The summed E-state index contributed by atoms with van der Waals surface area (Å²) in [6, 6.07) is 5.75. The van der Waals surface area contributed by atoms with Crippen LogP contribution < -0.4 is 16.4 Å². The maximum atomic E-state index is 10.7. The molecule has 0 fully saturated rings. The lowest BCUT2D eigenvalue weighted by Gasteiger charge is -2.17. The van der Waals surface area contributed by atoms with Crippen molar-refractivity contribution in [2.45, 2.75) is 12.5 Å². The average Bonchev–Trinajstić information content (AvgIpc) is 2.28. The van der Waals surface area contributed by atoms with E-state index in [9.17, 15) is 9.59 Å². The number of carboxylic acid groups (broad SMARTS) is 1. The van der Waals surface area contributed by atoms with E-state index in [0.29, 0.717) is 11.4 Å². The molecule has 1 unspecified atom stereocenters. The Kier molecular flexibility index (Phi) is 5.26. The van der Waals surface area contributed by atoms with Crippen LogP contribution in [-0.4, -0.2) is 23.8 Å². The van der Waals surface area contributed by atoms with Crippen molar-refractivity contribution in [2.75, 3.05) is 6.54 Å². The summed E-state index contributed by atoms with van der Waals surface area (Å²) in [6.07, 6.45) is -0.731. The predicted molar refractivity (Wildman–Crippen MR) is 67.6 cm³/mol. The predicted octanol–water partition coefficient (Wildman–Crippen LogP) is 1.71. The van der Waals surface area contributed by atoms with Gasteiger partial charge in [-0.2, -0.15) is 0 Å². The van der Waals surface area contributed by atoms with Gasteiger partial charge >= 0.3 is 12.1 Å². The molecule has 0 spiro atoms. The second kappa shape index (κ2) is 6.70. The Morgan fingerprint density at radius 3 is 2.44 bits per heavy atom. The van der Waals surface area contributed by atoms with E-state index in [-0.39, 0.29) is 6.54 Å². The van der Waals surface area contributed by atoms with E-state index in [1.165, 1.54) is 0 Å². The lowest BCUT2D eigenvalue weighted by Crippen LogP contribution is -2.34. The zero-order valence-electron chi connectivity index (χ0n) is 9.52. The highest BCUT2D eigenvalue weighted by molar-refractivity contribution is 6.30. The Morgan fingerprint density at radius 1 is 1.33 bits per heavy atom. The maximum Gasteiger partial charge on any atom is 0.405 e. The summed E-state index contributed by atoms with van der Waals surface area (Å²) in [5.74, 6) is 0. The van der Waals surface area contributed by atoms with Crippen molar-refractivity contribution in [3.8, 4) is 0 Å². The van der Waals surface area contributed by atoms with Crippen molar-refractivity contribution >= 4 is 23.7 Å². The first kappa shape index (κ1) is 14.1. The van der Waals surface area contributed by atoms with E-state index in [0.717, 1.165) is 5.56 Å². The molecule has 0 bridgehead atoms. The van der Waals surface area contributed by atoms with Gasteiger partial charge in [-0.05, 0) is 24.1 Å². The third-order valence-electron chi connectivity index (χ3n) is 2.30. The van der Waals surface area contributed by atoms with Crippen LogP contribution >= 0.6 is 11.6 Å². The van der Waals surface area contributed by atoms with Crippen LogP contribution in [0.25, 0.3) is 0 Å². The van der Waals surface area contributed by atoms with Crippen LogP contribution in [0.3, 0.4) is 0 Å². The number of halogens is 1. The minimum absolute atomic E-state index is 0.281. The van der Waals surface area contributed by atoms with E-state index in [4.69, 9.17) is 22.4 Å². The number of hydrogen-bond donors (Lipinski definition) is 4. The van der Waals surface area contributed by atoms with Crippen LogP contribution in [0.1, 0.15) is 18.0 Å². The minimum atomic E-state index is -1.13. The number of amides is 3. The molecule has 0 heterocycles. The largest absolute Gasteiger partial charge is 0.465 e. The van der Waals surface area contributed by atoms with Gasteiger partial charge in [0.15, 0.2) is 0 Å².